The van der Waals surface area contributed by atoms with E-state index < -0.39 is 18.3 Å². The Morgan fingerprint density at radius 3 is 2.72 bits per heavy atom. The molecule has 5 nitrogen and oxygen atoms in total. The van der Waals surface area contributed by atoms with Gasteiger partial charge < -0.3 is 14.2 Å². The van der Waals surface area contributed by atoms with Gasteiger partial charge in [0.1, 0.15) is 11.4 Å². The zero-order chi connectivity index (χ0) is 22.1. The molecule has 32 heavy (non-hydrogen) atoms. The summed E-state index contributed by atoms with van der Waals surface area (Å²) in [5.41, 5.74) is 4.88. The van der Waals surface area contributed by atoms with Gasteiger partial charge in [0.2, 0.25) is 0 Å². The lowest BCUT2D eigenvalue weighted by Gasteiger charge is -2.21. The van der Waals surface area contributed by atoms with Gasteiger partial charge in [-0.15, -0.1) is 0 Å². The Labute approximate surface area is 196 Å². The van der Waals surface area contributed by atoms with Crippen LogP contribution in [0.4, 0.5) is 0 Å². The first-order valence-electron chi connectivity index (χ1n) is 11.0. The standard InChI is InChI=1S/C24H24BClN2O3S/c26-19-4-1-3-18(15-19)24-27-21-5-2-12-32(30)23(21)22(28-24)14-17-8-6-16(7-9-17)13-20-10-11-25(29)31-20/h1,3-4,6-9,15,20,29H,2,5,10-14H2. The van der Waals surface area contributed by atoms with Crippen LogP contribution in [-0.4, -0.2) is 38.5 Å². The van der Waals surface area contributed by atoms with Crippen LogP contribution in [0.3, 0.4) is 0 Å². The summed E-state index contributed by atoms with van der Waals surface area (Å²) < 4.78 is 18.4. The first-order chi connectivity index (χ1) is 15.5. The van der Waals surface area contributed by atoms with E-state index in [-0.39, 0.29) is 6.10 Å². The minimum Gasteiger partial charge on any atom is -0.611 e. The summed E-state index contributed by atoms with van der Waals surface area (Å²) in [6.07, 6.45) is 4.74. The van der Waals surface area contributed by atoms with E-state index in [0.29, 0.717) is 29.3 Å². The number of rotatable bonds is 5. The molecule has 1 fully saturated rings. The van der Waals surface area contributed by atoms with E-state index in [4.69, 9.17) is 26.2 Å². The van der Waals surface area contributed by atoms with Crippen molar-refractivity contribution in [1.29, 1.82) is 0 Å². The van der Waals surface area contributed by atoms with Gasteiger partial charge >= 0.3 is 7.12 Å². The number of aryl methyl sites for hydroxylation is 1. The lowest BCUT2D eigenvalue weighted by atomic mass is 9.87. The van der Waals surface area contributed by atoms with Crippen LogP contribution in [0.2, 0.25) is 11.3 Å². The van der Waals surface area contributed by atoms with Gasteiger partial charge in [0.05, 0.1) is 5.69 Å². The van der Waals surface area contributed by atoms with Gasteiger partial charge in [-0.1, -0.05) is 48.0 Å². The molecule has 2 aliphatic heterocycles. The molecule has 1 aromatic heterocycles. The zero-order valence-electron chi connectivity index (χ0n) is 17.7. The Kier molecular flexibility index (Phi) is 6.53. The molecule has 1 saturated heterocycles. The van der Waals surface area contributed by atoms with Crippen molar-refractivity contribution in [1.82, 2.24) is 9.97 Å². The number of benzene rings is 2. The van der Waals surface area contributed by atoms with Crippen LogP contribution < -0.4 is 0 Å². The molecule has 164 valence electrons. The van der Waals surface area contributed by atoms with E-state index in [1.165, 1.54) is 5.56 Å². The van der Waals surface area contributed by atoms with Crippen molar-refractivity contribution in [2.75, 3.05) is 5.75 Å². The minimum atomic E-state index is -1.07. The van der Waals surface area contributed by atoms with E-state index in [9.17, 15) is 9.58 Å². The second-order valence-corrected chi connectivity index (χ2v) is 10.4. The van der Waals surface area contributed by atoms with Gasteiger partial charge in [-0.05, 0) is 66.4 Å². The van der Waals surface area contributed by atoms with Gasteiger partial charge in [-0.25, -0.2) is 9.97 Å². The summed E-state index contributed by atoms with van der Waals surface area (Å²) in [5, 5.41) is 10.2. The Hall–Kier alpha value is -1.90. The molecule has 0 spiro atoms. The predicted molar refractivity (Wildman–Crippen MR) is 127 cm³/mol. The maximum Gasteiger partial charge on any atom is 0.454 e. The summed E-state index contributed by atoms with van der Waals surface area (Å²) in [4.78, 5) is 10.4. The van der Waals surface area contributed by atoms with E-state index in [1.807, 2.05) is 24.3 Å². The quantitative estimate of drug-likeness (QED) is 0.449. The lowest BCUT2D eigenvalue weighted by molar-refractivity contribution is 0.201. The highest BCUT2D eigenvalue weighted by molar-refractivity contribution is 7.91. The monoisotopic (exact) mass is 466 g/mol. The Morgan fingerprint density at radius 2 is 1.97 bits per heavy atom. The number of nitrogens with zero attached hydrogens (tertiary/aromatic N) is 2. The first-order valence-corrected chi connectivity index (χ1v) is 12.7. The van der Waals surface area contributed by atoms with Crippen LogP contribution in [0.5, 0.6) is 0 Å². The molecule has 0 saturated carbocycles. The van der Waals surface area contributed by atoms with E-state index in [2.05, 4.69) is 24.3 Å². The van der Waals surface area contributed by atoms with Crippen LogP contribution in [0, 0.1) is 0 Å². The van der Waals surface area contributed by atoms with Crippen molar-refractivity contribution >= 4 is 29.9 Å². The van der Waals surface area contributed by atoms with E-state index >= 15 is 0 Å². The molecule has 8 heteroatoms. The molecule has 1 N–H and O–H groups in total. The second kappa shape index (κ2) is 9.53. The average molecular weight is 467 g/mol. The average Bonchev–Trinajstić information content (AvgIpc) is 3.19. The fraction of sp³-hybridized carbons (Fsp3) is 0.333. The molecular formula is C24H24BClN2O3S. The third-order valence-corrected chi connectivity index (χ3v) is 7.82. The van der Waals surface area contributed by atoms with Gasteiger partial charge in [-0.3, -0.25) is 0 Å². The third-order valence-electron chi connectivity index (χ3n) is 6.00. The fourth-order valence-electron chi connectivity index (χ4n) is 4.42. The number of aromatic nitrogens is 2. The normalized spacial score (nSPS) is 20.4. The second-order valence-electron chi connectivity index (χ2n) is 8.42. The van der Waals surface area contributed by atoms with Crippen LogP contribution in [-0.2, 0) is 35.1 Å². The van der Waals surface area contributed by atoms with E-state index in [0.717, 1.165) is 53.1 Å². The van der Waals surface area contributed by atoms with Crippen molar-refractivity contribution in [2.24, 2.45) is 0 Å². The smallest absolute Gasteiger partial charge is 0.454 e. The molecule has 5 rings (SSSR count). The SMILES string of the molecule is [O-][S+]1CCCc2nc(-c3cccc(Cl)c3)nc(Cc3ccc(CC4CCB(O)O4)cc3)c21. The van der Waals surface area contributed by atoms with Crippen molar-refractivity contribution < 1.29 is 14.2 Å². The summed E-state index contributed by atoms with van der Waals surface area (Å²) in [6.45, 7) is 0. The van der Waals surface area contributed by atoms with Gasteiger partial charge in [0.25, 0.3) is 0 Å². The molecule has 3 heterocycles. The summed E-state index contributed by atoms with van der Waals surface area (Å²) in [5.74, 6) is 1.29. The maximum absolute atomic E-state index is 12.8. The van der Waals surface area contributed by atoms with Crippen LogP contribution in [0.1, 0.15) is 35.4 Å². The first kappa shape index (κ1) is 21.9. The van der Waals surface area contributed by atoms with Gasteiger partial charge in [0, 0.05) is 23.1 Å². The van der Waals surface area contributed by atoms with Gasteiger partial charge in [0.15, 0.2) is 10.7 Å². The highest BCUT2D eigenvalue weighted by Gasteiger charge is 2.30. The zero-order valence-corrected chi connectivity index (χ0v) is 19.2. The molecule has 0 aliphatic carbocycles. The Morgan fingerprint density at radius 1 is 1.16 bits per heavy atom. The number of halogens is 1. The van der Waals surface area contributed by atoms with Crippen molar-refractivity contribution in [3.8, 4) is 11.4 Å². The molecule has 2 aliphatic rings. The number of hydrogen-bond acceptors (Lipinski definition) is 5. The van der Waals surface area contributed by atoms with Crippen LogP contribution in [0.25, 0.3) is 11.4 Å². The van der Waals surface area contributed by atoms with Crippen LogP contribution >= 0.6 is 11.6 Å². The summed E-state index contributed by atoms with van der Waals surface area (Å²) in [6, 6.07) is 15.9. The molecule has 2 atom stereocenters. The molecule has 2 unspecified atom stereocenters. The molecule has 0 radical (unpaired) electrons. The highest BCUT2D eigenvalue weighted by atomic mass is 35.5. The molecule has 2 aromatic carbocycles. The van der Waals surface area contributed by atoms with Crippen molar-refractivity contribution in [3.63, 3.8) is 0 Å². The van der Waals surface area contributed by atoms with E-state index in [1.54, 1.807) is 0 Å². The lowest BCUT2D eigenvalue weighted by Crippen LogP contribution is -2.21. The summed E-state index contributed by atoms with van der Waals surface area (Å²) in [7, 11) is -0.627. The summed E-state index contributed by atoms with van der Waals surface area (Å²) >= 11 is 5.12. The minimum absolute atomic E-state index is 0.0763. The predicted octanol–water partition coefficient (Wildman–Crippen LogP) is 4.25. The van der Waals surface area contributed by atoms with Gasteiger partial charge in [-0.2, -0.15) is 0 Å². The van der Waals surface area contributed by atoms with Crippen molar-refractivity contribution in [3.05, 3.63) is 76.1 Å². The topological polar surface area (TPSA) is 78.3 Å². The maximum atomic E-state index is 12.8. The molecular weight excluding hydrogens is 443 g/mol. The third kappa shape index (κ3) is 4.87. The fourth-order valence-corrected chi connectivity index (χ4v) is 6.01. The molecule has 0 amide bonds. The highest BCUT2D eigenvalue weighted by Crippen LogP contribution is 2.31. The Bertz CT molecular complexity index is 1110. The Balaban J connectivity index is 1.42. The largest absolute Gasteiger partial charge is 0.611 e. The van der Waals surface area contributed by atoms with Crippen LogP contribution in [0.15, 0.2) is 53.4 Å². The number of hydrogen-bond donors (Lipinski definition) is 1. The molecule has 3 aromatic rings. The van der Waals surface area contributed by atoms with Crippen molar-refractivity contribution in [2.45, 2.75) is 49.4 Å². The number of fused-ring (bicyclic) bond motifs is 1. The molecule has 0 bridgehead atoms.